The normalized spacial score (nSPS) is 11.5. The Morgan fingerprint density at radius 2 is 1.86 bits per heavy atom. The van der Waals surface area contributed by atoms with Crippen LogP contribution in [0.2, 0.25) is 9.36 Å². The van der Waals surface area contributed by atoms with Crippen molar-refractivity contribution in [2.45, 2.75) is 10.8 Å². The first kappa shape index (κ1) is 16.2. The van der Waals surface area contributed by atoms with E-state index in [0.717, 1.165) is 6.07 Å². The summed E-state index contributed by atoms with van der Waals surface area (Å²) in [5, 5.41) is 11.2. The highest BCUT2D eigenvalue weighted by atomic mass is 35.5. The summed E-state index contributed by atoms with van der Waals surface area (Å²) in [6.45, 7) is 0.0445. The van der Waals surface area contributed by atoms with Gasteiger partial charge in [-0.3, -0.25) is 10.1 Å². The Balaban J connectivity index is 2.17. The second-order valence-electron chi connectivity index (χ2n) is 3.93. The van der Waals surface area contributed by atoms with Crippen LogP contribution in [0.15, 0.2) is 34.5 Å². The highest BCUT2D eigenvalue weighted by Gasteiger charge is 2.24. The molecule has 0 saturated heterocycles. The zero-order valence-electron chi connectivity index (χ0n) is 10.2. The number of benzene rings is 1. The molecule has 0 aliphatic heterocycles. The van der Waals surface area contributed by atoms with Gasteiger partial charge >= 0.3 is 0 Å². The number of nitrogens with one attached hydrogen (secondary N) is 1. The summed E-state index contributed by atoms with van der Waals surface area (Å²) in [5.74, 6) is 0. The highest BCUT2D eigenvalue weighted by molar-refractivity contribution is 7.91. The van der Waals surface area contributed by atoms with Crippen LogP contribution in [0.25, 0.3) is 0 Å². The summed E-state index contributed by atoms with van der Waals surface area (Å²) in [7, 11) is -3.86. The van der Waals surface area contributed by atoms with E-state index in [1.54, 1.807) is 24.3 Å². The monoisotopic (exact) mass is 366 g/mol. The van der Waals surface area contributed by atoms with Gasteiger partial charge < -0.3 is 0 Å². The van der Waals surface area contributed by atoms with E-state index >= 15 is 0 Å². The molecule has 10 heteroatoms. The van der Waals surface area contributed by atoms with E-state index in [-0.39, 0.29) is 15.1 Å². The Hall–Kier alpha value is -1.19. The lowest BCUT2D eigenvalue weighted by atomic mass is 10.2. The van der Waals surface area contributed by atoms with Crippen molar-refractivity contribution in [3.8, 4) is 0 Å². The molecule has 0 atom stereocenters. The van der Waals surface area contributed by atoms with Gasteiger partial charge in [0.05, 0.1) is 4.92 Å². The van der Waals surface area contributed by atoms with Gasteiger partial charge in [0.1, 0.15) is 4.21 Å². The second kappa shape index (κ2) is 6.29. The number of rotatable bonds is 5. The van der Waals surface area contributed by atoms with Gasteiger partial charge in [0.2, 0.25) is 0 Å². The molecule has 0 fully saturated rings. The molecule has 0 aliphatic carbocycles. The van der Waals surface area contributed by atoms with Crippen molar-refractivity contribution in [3.63, 3.8) is 0 Å². The van der Waals surface area contributed by atoms with Crippen molar-refractivity contribution in [2.75, 3.05) is 0 Å². The molecule has 0 amide bonds. The maximum Gasteiger partial charge on any atom is 0.300 e. The zero-order valence-corrected chi connectivity index (χ0v) is 13.4. The molecule has 21 heavy (non-hydrogen) atoms. The number of halogens is 2. The van der Waals surface area contributed by atoms with E-state index in [9.17, 15) is 18.5 Å². The number of hydrogen-bond donors (Lipinski definition) is 1. The van der Waals surface area contributed by atoms with Crippen LogP contribution >= 0.6 is 34.5 Å². The maximum absolute atomic E-state index is 12.1. The van der Waals surface area contributed by atoms with Crippen LogP contribution in [0.3, 0.4) is 0 Å². The Morgan fingerprint density at radius 3 is 2.38 bits per heavy atom. The summed E-state index contributed by atoms with van der Waals surface area (Å²) in [6, 6.07) is 7.57. The van der Waals surface area contributed by atoms with Gasteiger partial charge in [-0.15, -0.1) is 11.3 Å². The summed E-state index contributed by atoms with van der Waals surface area (Å²) in [5.41, 5.74) is 0.286. The van der Waals surface area contributed by atoms with Crippen LogP contribution < -0.4 is 4.72 Å². The summed E-state index contributed by atoms with van der Waals surface area (Å²) >= 11 is 12.0. The minimum atomic E-state index is -3.86. The molecular weight excluding hydrogens is 359 g/mol. The van der Waals surface area contributed by atoms with Gasteiger partial charge in [-0.05, 0) is 17.7 Å². The predicted molar refractivity (Wildman–Crippen MR) is 81.5 cm³/mol. The number of nitrogens with zero attached hydrogens (tertiary/aromatic N) is 1. The predicted octanol–water partition coefficient (Wildman–Crippen LogP) is 3.44. The van der Waals surface area contributed by atoms with E-state index in [4.69, 9.17) is 23.2 Å². The van der Waals surface area contributed by atoms with Gasteiger partial charge in [0, 0.05) is 17.6 Å². The third-order valence-corrected chi connectivity index (χ3v) is 5.95. The SMILES string of the molecule is O=[N+]([O-])c1cc(S(=O)(=O)NCc2ccc(Cl)cc2)sc1Cl. The third kappa shape index (κ3) is 3.92. The molecule has 0 aliphatic rings. The molecule has 2 aromatic rings. The van der Waals surface area contributed by atoms with Crippen LogP contribution in [-0.2, 0) is 16.6 Å². The third-order valence-electron chi connectivity index (χ3n) is 2.49. The van der Waals surface area contributed by atoms with Crippen molar-refractivity contribution in [3.05, 3.63) is 55.4 Å². The van der Waals surface area contributed by atoms with Gasteiger partial charge in [-0.2, -0.15) is 0 Å². The van der Waals surface area contributed by atoms with Crippen LogP contribution in [0.5, 0.6) is 0 Å². The molecule has 1 N–H and O–H groups in total. The largest absolute Gasteiger partial charge is 0.300 e. The van der Waals surface area contributed by atoms with Crippen molar-refractivity contribution in [1.82, 2.24) is 4.72 Å². The molecule has 0 bridgehead atoms. The molecule has 0 radical (unpaired) electrons. The smallest absolute Gasteiger partial charge is 0.258 e. The van der Waals surface area contributed by atoms with Crippen LogP contribution in [0.1, 0.15) is 5.56 Å². The van der Waals surface area contributed by atoms with Crippen LogP contribution in [0, 0.1) is 10.1 Å². The van der Waals surface area contributed by atoms with Crippen molar-refractivity contribution in [2.24, 2.45) is 0 Å². The highest BCUT2D eigenvalue weighted by Crippen LogP contribution is 2.36. The molecule has 2 rings (SSSR count). The lowest BCUT2D eigenvalue weighted by Crippen LogP contribution is -2.22. The fraction of sp³-hybridized carbons (Fsp3) is 0.0909. The van der Waals surface area contributed by atoms with E-state index in [2.05, 4.69) is 4.72 Å². The number of hydrogen-bond acceptors (Lipinski definition) is 5. The standard InChI is InChI=1S/C11H8Cl2N2O4S2/c12-8-3-1-7(2-4-8)6-14-21(18,19)10-5-9(15(16)17)11(13)20-10/h1-5,14H,6H2. The van der Waals surface area contributed by atoms with Gasteiger partial charge in [-0.25, -0.2) is 13.1 Å². The molecule has 112 valence electrons. The number of thiophene rings is 1. The molecule has 1 aromatic carbocycles. The van der Waals surface area contributed by atoms with Gasteiger partial charge in [-0.1, -0.05) is 35.3 Å². The van der Waals surface area contributed by atoms with Crippen molar-refractivity contribution < 1.29 is 13.3 Å². The Morgan fingerprint density at radius 1 is 1.24 bits per heavy atom. The van der Waals surface area contributed by atoms with E-state index in [0.29, 0.717) is 21.9 Å². The molecule has 1 heterocycles. The Labute approximate surface area is 134 Å². The van der Waals surface area contributed by atoms with Gasteiger partial charge in [0.25, 0.3) is 15.7 Å². The Kier molecular flexibility index (Phi) is 4.84. The molecule has 6 nitrogen and oxygen atoms in total. The maximum atomic E-state index is 12.1. The number of nitro groups is 1. The minimum Gasteiger partial charge on any atom is -0.258 e. The minimum absolute atomic E-state index is 0.0445. The average Bonchev–Trinajstić information content (AvgIpc) is 2.81. The zero-order chi connectivity index (χ0) is 15.6. The van der Waals surface area contributed by atoms with Crippen molar-refractivity contribution in [1.29, 1.82) is 0 Å². The molecule has 0 saturated carbocycles. The fourth-order valence-corrected chi connectivity index (χ4v) is 4.30. The molecule has 1 aromatic heterocycles. The second-order valence-corrected chi connectivity index (χ2v) is 8.02. The van der Waals surface area contributed by atoms with Gasteiger partial charge in [0.15, 0.2) is 4.34 Å². The topological polar surface area (TPSA) is 89.3 Å². The first-order chi connectivity index (χ1) is 9.79. The fourth-order valence-electron chi connectivity index (χ4n) is 1.45. The summed E-state index contributed by atoms with van der Waals surface area (Å²) in [6.07, 6.45) is 0. The quantitative estimate of drug-likeness (QED) is 0.648. The molecule has 0 spiro atoms. The van der Waals surface area contributed by atoms with Crippen LogP contribution in [-0.4, -0.2) is 13.3 Å². The molecule has 0 unspecified atom stereocenters. The summed E-state index contributed by atoms with van der Waals surface area (Å²) in [4.78, 5) is 9.95. The van der Waals surface area contributed by atoms with E-state index in [1.165, 1.54) is 0 Å². The molecular formula is C11H8Cl2N2O4S2. The Bertz CT molecular complexity index is 772. The first-order valence-corrected chi connectivity index (χ1v) is 8.53. The first-order valence-electron chi connectivity index (χ1n) is 5.47. The lowest BCUT2D eigenvalue weighted by molar-refractivity contribution is -0.384. The average molecular weight is 367 g/mol. The lowest BCUT2D eigenvalue weighted by Gasteiger charge is -2.04. The number of sulfonamides is 1. The van der Waals surface area contributed by atoms with Crippen LogP contribution in [0.4, 0.5) is 5.69 Å². The van der Waals surface area contributed by atoms with E-state index < -0.39 is 20.6 Å². The van der Waals surface area contributed by atoms with Crippen molar-refractivity contribution >= 4 is 50.2 Å². The summed E-state index contributed by atoms with van der Waals surface area (Å²) < 4.78 is 26.1. The van der Waals surface area contributed by atoms with E-state index in [1.807, 2.05) is 0 Å².